The minimum atomic E-state index is -0.600. The van der Waals surface area contributed by atoms with Crippen molar-refractivity contribution in [2.45, 2.75) is 80.1 Å². The first-order valence-electron chi connectivity index (χ1n) is 13.0. The van der Waals surface area contributed by atoms with E-state index in [2.05, 4.69) is 0 Å². The van der Waals surface area contributed by atoms with Crippen LogP contribution in [0.1, 0.15) is 80.4 Å². The van der Waals surface area contributed by atoms with Crippen molar-refractivity contribution in [2.75, 3.05) is 0 Å². The fourth-order valence-electron chi connectivity index (χ4n) is 4.87. The minimum Gasteiger partial charge on any atom is -0.422 e. The lowest BCUT2D eigenvalue weighted by atomic mass is 9.80. The second-order valence-electron chi connectivity index (χ2n) is 12.1. The molecular weight excluding hydrogens is 512 g/mol. The number of ether oxygens (including phenoxy) is 4. The summed E-state index contributed by atoms with van der Waals surface area (Å²) in [4.78, 5) is 49.6. The molecule has 0 unspecified atom stereocenters. The van der Waals surface area contributed by atoms with Crippen molar-refractivity contribution in [1.82, 2.24) is 0 Å². The Hall–Kier alpha value is -4.20. The van der Waals surface area contributed by atoms with Crippen molar-refractivity contribution in [3.8, 4) is 23.0 Å². The number of hydrogen-bond donors (Lipinski definition) is 0. The predicted octanol–water partition coefficient (Wildman–Crippen LogP) is 6.88. The highest BCUT2D eigenvalue weighted by molar-refractivity contribution is 6.30. The maximum absolute atomic E-state index is 12.4. The van der Waals surface area contributed by atoms with Crippen LogP contribution in [-0.4, -0.2) is 23.9 Å². The van der Waals surface area contributed by atoms with Gasteiger partial charge in [-0.2, -0.15) is 0 Å². The number of esters is 4. The van der Waals surface area contributed by atoms with Crippen molar-refractivity contribution >= 4 is 56.2 Å². The van der Waals surface area contributed by atoms with Gasteiger partial charge >= 0.3 is 23.9 Å². The first-order valence-corrected chi connectivity index (χ1v) is 13.0. The van der Waals surface area contributed by atoms with Gasteiger partial charge in [-0.1, -0.05) is 41.5 Å². The molecule has 210 valence electrons. The zero-order chi connectivity index (χ0) is 29.9. The highest BCUT2D eigenvalue weighted by Crippen LogP contribution is 2.55. The van der Waals surface area contributed by atoms with E-state index in [9.17, 15) is 19.2 Å². The van der Waals surface area contributed by atoms with E-state index in [1.807, 2.05) is 65.8 Å². The zero-order valence-corrected chi connectivity index (χ0v) is 24.6. The van der Waals surface area contributed by atoms with Crippen LogP contribution in [-0.2, 0) is 30.0 Å². The van der Waals surface area contributed by atoms with Crippen LogP contribution in [0.4, 0.5) is 0 Å². The minimum absolute atomic E-state index is 0.0765. The van der Waals surface area contributed by atoms with E-state index in [0.717, 1.165) is 11.1 Å². The molecule has 4 aromatic rings. The van der Waals surface area contributed by atoms with Crippen LogP contribution in [0.5, 0.6) is 23.0 Å². The van der Waals surface area contributed by atoms with Gasteiger partial charge in [-0.25, -0.2) is 0 Å². The Balaban J connectivity index is 2.47. The van der Waals surface area contributed by atoms with E-state index in [0.29, 0.717) is 32.3 Å². The zero-order valence-electron chi connectivity index (χ0n) is 24.6. The second kappa shape index (κ2) is 9.77. The van der Waals surface area contributed by atoms with Crippen LogP contribution >= 0.6 is 0 Å². The average molecular weight is 547 g/mol. The number of hydrogen-bond acceptors (Lipinski definition) is 8. The van der Waals surface area contributed by atoms with Crippen molar-refractivity contribution in [3.63, 3.8) is 0 Å². The van der Waals surface area contributed by atoms with Crippen LogP contribution in [0.3, 0.4) is 0 Å². The third-order valence-electron chi connectivity index (χ3n) is 6.63. The van der Waals surface area contributed by atoms with E-state index < -0.39 is 34.7 Å². The second-order valence-corrected chi connectivity index (χ2v) is 12.1. The van der Waals surface area contributed by atoms with Gasteiger partial charge in [-0.15, -0.1) is 0 Å². The summed E-state index contributed by atoms with van der Waals surface area (Å²) >= 11 is 0. The van der Waals surface area contributed by atoms with Crippen LogP contribution in [0, 0.1) is 0 Å². The smallest absolute Gasteiger partial charge is 0.308 e. The molecule has 40 heavy (non-hydrogen) atoms. The topological polar surface area (TPSA) is 105 Å². The summed E-state index contributed by atoms with van der Waals surface area (Å²) in [5.74, 6) is -2.09. The number of rotatable bonds is 4. The van der Waals surface area contributed by atoms with E-state index in [4.69, 9.17) is 18.9 Å². The van der Waals surface area contributed by atoms with Gasteiger partial charge in [0.15, 0.2) is 23.0 Å². The maximum Gasteiger partial charge on any atom is 0.308 e. The SMILES string of the molecule is CC(=O)Oc1c(OC(C)=O)c2cc(C(C)(C)C)cc3c(OC(C)=O)c(OC(C)=O)c4cc(C(C)(C)C)cc1c4c23. The molecule has 0 amide bonds. The first-order chi connectivity index (χ1) is 18.4. The van der Waals surface area contributed by atoms with Gasteiger partial charge in [0.2, 0.25) is 0 Å². The summed E-state index contributed by atoms with van der Waals surface area (Å²) in [6.07, 6.45) is 0. The third-order valence-corrected chi connectivity index (χ3v) is 6.63. The summed E-state index contributed by atoms with van der Waals surface area (Å²) in [5.41, 5.74) is 0.846. The van der Waals surface area contributed by atoms with Crippen molar-refractivity contribution in [3.05, 3.63) is 35.4 Å². The lowest BCUT2D eigenvalue weighted by Crippen LogP contribution is -2.15. The molecule has 0 atom stereocenters. The first kappa shape index (κ1) is 28.8. The standard InChI is InChI=1S/C32H34O8/c1-15(33)37-27-21-11-19(31(5,6)7)13-23-25(21)26-22(28(27)38-16(2)34)12-20(32(8,9)10)14-24(26)30(40-18(4)36)29(23)39-17(3)35/h11-14H,1-10H3. The number of carbonyl (C=O) groups excluding carboxylic acids is 4. The van der Waals surface area contributed by atoms with Crippen LogP contribution < -0.4 is 18.9 Å². The van der Waals surface area contributed by atoms with Gasteiger partial charge in [-0.05, 0) is 46.2 Å². The molecule has 0 aliphatic rings. The van der Waals surface area contributed by atoms with Crippen LogP contribution in [0.25, 0.3) is 32.3 Å². The van der Waals surface area contributed by atoms with Gasteiger partial charge in [0, 0.05) is 60.0 Å². The quantitative estimate of drug-likeness (QED) is 0.155. The Kier molecular flexibility index (Phi) is 7.03. The monoisotopic (exact) mass is 546 g/mol. The molecular formula is C32H34O8. The molecule has 0 bridgehead atoms. The Labute approximate surface area is 232 Å². The average Bonchev–Trinajstić information content (AvgIpc) is 2.79. The molecule has 0 radical (unpaired) electrons. The van der Waals surface area contributed by atoms with E-state index in [1.165, 1.54) is 27.7 Å². The Morgan fingerprint density at radius 2 is 0.650 bits per heavy atom. The van der Waals surface area contributed by atoms with E-state index in [1.54, 1.807) is 0 Å². The van der Waals surface area contributed by atoms with Gasteiger partial charge in [0.1, 0.15) is 0 Å². The molecule has 0 aliphatic heterocycles. The number of carbonyl (C=O) groups is 4. The predicted molar refractivity (Wildman–Crippen MR) is 153 cm³/mol. The van der Waals surface area contributed by atoms with Crippen molar-refractivity contribution in [2.24, 2.45) is 0 Å². The third kappa shape index (κ3) is 5.18. The van der Waals surface area contributed by atoms with E-state index in [-0.39, 0.29) is 23.0 Å². The molecule has 0 saturated carbocycles. The normalized spacial score (nSPS) is 12.2. The Bertz CT molecular complexity index is 1480. The van der Waals surface area contributed by atoms with Gasteiger partial charge in [-0.3, -0.25) is 19.2 Å². The van der Waals surface area contributed by atoms with Crippen LogP contribution in [0.2, 0.25) is 0 Å². The highest BCUT2D eigenvalue weighted by atomic mass is 16.6. The molecule has 4 aromatic carbocycles. The molecule has 0 spiro atoms. The summed E-state index contributed by atoms with van der Waals surface area (Å²) < 4.78 is 23.0. The molecule has 0 heterocycles. The van der Waals surface area contributed by atoms with Gasteiger partial charge in [0.25, 0.3) is 0 Å². The molecule has 0 aliphatic carbocycles. The van der Waals surface area contributed by atoms with E-state index >= 15 is 0 Å². The highest BCUT2D eigenvalue weighted by Gasteiger charge is 2.31. The molecule has 0 fully saturated rings. The van der Waals surface area contributed by atoms with Gasteiger partial charge < -0.3 is 18.9 Å². The molecule has 8 nitrogen and oxygen atoms in total. The number of benzene rings is 4. The Morgan fingerprint density at radius 1 is 0.450 bits per heavy atom. The summed E-state index contributed by atoms with van der Waals surface area (Å²) in [7, 11) is 0. The summed E-state index contributed by atoms with van der Waals surface area (Å²) in [5, 5.41) is 3.15. The van der Waals surface area contributed by atoms with Crippen molar-refractivity contribution < 1.29 is 38.1 Å². The fraction of sp³-hybridized carbons (Fsp3) is 0.375. The lowest BCUT2D eigenvalue weighted by Gasteiger charge is -2.27. The maximum atomic E-state index is 12.4. The Morgan fingerprint density at radius 3 is 0.800 bits per heavy atom. The largest absolute Gasteiger partial charge is 0.422 e. The molecule has 0 aromatic heterocycles. The van der Waals surface area contributed by atoms with Crippen molar-refractivity contribution in [1.29, 1.82) is 0 Å². The van der Waals surface area contributed by atoms with Gasteiger partial charge in [0.05, 0.1) is 0 Å². The summed E-state index contributed by atoms with van der Waals surface area (Å²) in [6.45, 7) is 17.1. The lowest BCUT2D eigenvalue weighted by molar-refractivity contribution is -0.134. The molecule has 0 N–H and O–H groups in total. The molecule has 4 rings (SSSR count). The summed E-state index contributed by atoms with van der Waals surface area (Å²) in [6, 6.07) is 7.53. The molecule has 0 saturated heterocycles. The fourth-order valence-corrected chi connectivity index (χ4v) is 4.87. The molecule has 8 heteroatoms. The van der Waals surface area contributed by atoms with Crippen LogP contribution in [0.15, 0.2) is 24.3 Å².